The fourth-order valence-electron chi connectivity index (χ4n) is 3.59. The fraction of sp³-hybridized carbons (Fsp3) is 0.333. The van der Waals surface area contributed by atoms with Gasteiger partial charge in [0.25, 0.3) is 0 Å². The van der Waals surface area contributed by atoms with Gasteiger partial charge >= 0.3 is 0 Å². The van der Waals surface area contributed by atoms with Crippen molar-refractivity contribution in [2.75, 3.05) is 0 Å². The van der Waals surface area contributed by atoms with Crippen molar-refractivity contribution in [2.45, 2.75) is 39.2 Å². The standard InChI is InChI=1S/C18H19N/c1-13-6-2-3-9-15(13)17-12-19-11-5-8-14-7-4-10-16(17)18(14)19/h4,6-7,9-10,12H,2-3,5,8,11H2,1H3. The summed E-state index contributed by atoms with van der Waals surface area (Å²) in [5.41, 5.74) is 7.33. The normalized spacial score (nSPS) is 18.4. The van der Waals surface area contributed by atoms with Gasteiger partial charge in [-0.05, 0) is 49.3 Å². The minimum Gasteiger partial charge on any atom is -0.347 e. The van der Waals surface area contributed by atoms with E-state index in [2.05, 4.69) is 48.0 Å². The van der Waals surface area contributed by atoms with Gasteiger partial charge in [-0.25, -0.2) is 0 Å². The molecule has 1 aliphatic carbocycles. The molecule has 1 nitrogen and oxygen atoms in total. The number of aromatic nitrogens is 1. The Morgan fingerprint density at radius 2 is 2.00 bits per heavy atom. The van der Waals surface area contributed by atoms with Crippen molar-refractivity contribution < 1.29 is 0 Å². The van der Waals surface area contributed by atoms with Crippen molar-refractivity contribution in [1.82, 2.24) is 4.57 Å². The Hall–Kier alpha value is -1.76. The third-order valence-electron chi connectivity index (χ3n) is 4.51. The average molecular weight is 249 g/mol. The third-order valence-corrected chi connectivity index (χ3v) is 4.51. The number of rotatable bonds is 1. The van der Waals surface area contributed by atoms with Gasteiger partial charge in [-0.15, -0.1) is 0 Å². The van der Waals surface area contributed by atoms with E-state index in [0.717, 1.165) is 0 Å². The van der Waals surface area contributed by atoms with Crippen LogP contribution in [0.2, 0.25) is 0 Å². The van der Waals surface area contributed by atoms with E-state index in [4.69, 9.17) is 0 Å². The van der Waals surface area contributed by atoms with E-state index in [1.165, 1.54) is 65.4 Å². The predicted octanol–water partition coefficient (Wildman–Crippen LogP) is 4.71. The second kappa shape index (κ2) is 4.12. The molecule has 0 N–H and O–H groups in total. The largest absolute Gasteiger partial charge is 0.347 e. The molecule has 1 aliphatic heterocycles. The molecule has 0 atom stereocenters. The molecule has 1 aromatic carbocycles. The number of benzene rings is 1. The van der Waals surface area contributed by atoms with Crippen molar-refractivity contribution in [2.24, 2.45) is 0 Å². The highest BCUT2D eigenvalue weighted by Crippen LogP contribution is 2.36. The van der Waals surface area contributed by atoms with Crippen LogP contribution in [-0.4, -0.2) is 4.57 Å². The zero-order valence-electron chi connectivity index (χ0n) is 11.4. The first-order valence-corrected chi connectivity index (χ1v) is 7.33. The van der Waals surface area contributed by atoms with Crippen LogP contribution in [0.25, 0.3) is 16.5 Å². The number of para-hydroxylation sites is 1. The van der Waals surface area contributed by atoms with Crippen molar-refractivity contribution in [3.8, 4) is 0 Å². The molecular formula is C18H19N. The highest BCUT2D eigenvalue weighted by molar-refractivity contribution is 5.98. The molecule has 0 unspecified atom stereocenters. The molecule has 19 heavy (non-hydrogen) atoms. The summed E-state index contributed by atoms with van der Waals surface area (Å²) in [5, 5.41) is 1.44. The van der Waals surface area contributed by atoms with Crippen LogP contribution in [0.15, 0.2) is 42.1 Å². The summed E-state index contributed by atoms with van der Waals surface area (Å²) in [5.74, 6) is 0. The molecular weight excluding hydrogens is 230 g/mol. The zero-order valence-corrected chi connectivity index (χ0v) is 11.4. The summed E-state index contributed by atoms with van der Waals surface area (Å²) in [6.45, 7) is 3.42. The first kappa shape index (κ1) is 11.1. The SMILES string of the molecule is CC1=CCCC=C1c1cn2c3c(cccc13)CCC2. The Kier molecular flexibility index (Phi) is 2.41. The van der Waals surface area contributed by atoms with E-state index < -0.39 is 0 Å². The van der Waals surface area contributed by atoms with Crippen molar-refractivity contribution in [3.05, 3.63) is 53.2 Å². The molecule has 0 fully saturated rings. The minimum absolute atomic E-state index is 1.17. The maximum Gasteiger partial charge on any atom is 0.0519 e. The van der Waals surface area contributed by atoms with Gasteiger partial charge in [-0.2, -0.15) is 0 Å². The molecule has 0 spiro atoms. The third kappa shape index (κ3) is 1.61. The second-order valence-electron chi connectivity index (χ2n) is 5.74. The molecule has 0 amide bonds. The molecule has 0 radical (unpaired) electrons. The first-order chi connectivity index (χ1) is 9.34. The average Bonchev–Trinajstić information content (AvgIpc) is 2.81. The Morgan fingerprint density at radius 1 is 1.11 bits per heavy atom. The quantitative estimate of drug-likeness (QED) is 0.689. The Labute approximate surface area is 114 Å². The van der Waals surface area contributed by atoms with Crippen LogP contribution < -0.4 is 0 Å². The molecule has 2 aliphatic rings. The van der Waals surface area contributed by atoms with Crippen LogP contribution >= 0.6 is 0 Å². The highest BCUT2D eigenvalue weighted by atomic mass is 15.0. The number of hydrogen-bond acceptors (Lipinski definition) is 0. The molecule has 4 rings (SSSR count). The molecule has 0 bridgehead atoms. The molecule has 2 heterocycles. The lowest BCUT2D eigenvalue weighted by Crippen LogP contribution is -2.05. The number of nitrogens with zero attached hydrogens (tertiary/aromatic N) is 1. The van der Waals surface area contributed by atoms with Crippen molar-refractivity contribution in [3.63, 3.8) is 0 Å². The topological polar surface area (TPSA) is 4.93 Å². The van der Waals surface area contributed by atoms with E-state index in [1.54, 1.807) is 0 Å². The first-order valence-electron chi connectivity index (χ1n) is 7.33. The summed E-state index contributed by atoms with van der Waals surface area (Å²) < 4.78 is 2.46. The van der Waals surface area contributed by atoms with E-state index in [0.29, 0.717) is 0 Å². The van der Waals surface area contributed by atoms with Crippen molar-refractivity contribution >= 4 is 16.5 Å². The Balaban J connectivity index is 2.00. The number of aryl methyl sites for hydroxylation is 2. The van der Waals surface area contributed by atoms with Gasteiger partial charge in [-0.1, -0.05) is 30.4 Å². The predicted molar refractivity (Wildman–Crippen MR) is 81.2 cm³/mol. The maximum atomic E-state index is 2.46. The van der Waals surface area contributed by atoms with E-state index in [9.17, 15) is 0 Å². The van der Waals surface area contributed by atoms with Gasteiger partial charge in [0.15, 0.2) is 0 Å². The summed E-state index contributed by atoms with van der Waals surface area (Å²) in [7, 11) is 0. The van der Waals surface area contributed by atoms with Gasteiger partial charge in [0.2, 0.25) is 0 Å². The summed E-state index contributed by atoms with van der Waals surface area (Å²) in [4.78, 5) is 0. The molecule has 1 heteroatoms. The lowest BCUT2D eigenvalue weighted by Gasteiger charge is -2.14. The maximum absolute atomic E-state index is 2.46. The van der Waals surface area contributed by atoms with Crippen LogP contribution in [0.5, 0.6) is 0 Å². The summed E-state index contributed by atoms with van der Waals surface area (Å²) in [6, 6.07) is 6.80. The van der Waals surface area contributed by atoms with Crippen molar-refractivity contribution in [1.29, 1.82) is 0 Å². The van der Waals surface area contributed by atoms with Crippen LogP contribution in [0.4, 0.5) is 0 Å². The fourth-order valence-corrected chi connectivity index (χ4v) is 3.59. The van der Waals surface area contributed by atoms with E-state index in [-0.39, 0.29) is 0 Å². The smallest absolute Gasteiger partial charge is 0.0519 e. The summed E-state index contributed by atoms with van der Waals surface area (Å²) >= 11 is 0. The number of allylic oxidation sites excluding steroid dienone is 4. The van der Waals surface area contributed by atoms with Crippen LogP contribution in [0, 0.1) is 0 Å². The second-order valence-corrected chi connectivity index (χ2v) is 5.74. The summed E-state index contributed by atoms with van der Waals surface area (Å²) in [6.07, 6.45) is 12.0. The van der Waals surface area contributed by atoms with Gasteiger partial charge in [0, 0.05) is 23.7 Å². The molecule has 0 saturated heterocycles. The number of hydrogen-bond donors (Lipinski definition) is 0. The Bertz CT molecular complexity index is 713. The van der Waals surface area contributed by atoms with Gasteiger partial charge in [0.05, 0.1) is 5.52 Å². The molecule has 1 aromatic heterocycles. The monoisotopic (exact) mass is 249 g/mol. The molecule has 96 valence electrons. The van der Waals surface area contributed by atoms with E-state index in [1.807, 2.05) is 0 Å². The lowest BCUT2D eigenvalue weighted by atomic mass is 9.92. The zero-order chi connectivity index (χ0) is 12.8. The molecule has 2 aromatic rings. The van der Waals surface area contributed by atoms with Gasteiger partial charge in [0.1, 0.15) is 0 Å². The molecule has 0 saturated carbocycles. The van der Waals surface area contributed by atoms with E-state index >= 15 is 0 Å². The van der Waals surface area contributed by atoms with Crippen LogP contribution in [0.1, 0.15) is 37.3 Å². The van der Waals surface area contributed by atoms with Crippen LogP contribution in [0.3, 0.4) is 0 Å². The highest BCUT2D eigenvalue weighted by Gasteiger charge is 2.18. The van der Waals surface area contributed by atoms with Crippen LogP contribution in [-0.2, 0) is 13.0 Å². The van der Waals surface area contributed by atoms with Gasteiger partial charge in [-0.3, -0.25) is 0 Å². The Morgan fingerprint density at radius 3 is 2.89 bits per heavy atom. The van der Waals surface area contributed by atoms with Gasteiger partial charge < -0.3 is 4.57 Å². The minimum atomic E-state index is 1.17. The lowest BCUT2D eigenvalue weighted by molar-refractivity contribution is 0.635.